The van der Waals surface area contributed by atoms with Crippen molar-refractivity contribution in [1.82, 2.24) is 4.90 Å². The number of thiocarbonyl (C=S) groups is 1. The van der Waals surface area contributed by atoms with Crippen molar-refractivity contribution < 1.29 is 23.7 Å². The second kappa shape index (κ2) is 14.9. The minimum Gasteiger partial charge on any atom is -0.493 e. The predicted molar refractivity (Wildman–Crippen MR) is 155 cm³/mol. The molecule has 1 saturated heterocycles. The first-order chi connectivity index (χ1) is 18.0. The van der Waals surface area contributed by atoms with Crippen LogP contribution in [0.1, 0.15) is 56.6 Å². The van der Waals surface area contributed by atoms with Crippen molar-refractivity contribution in [2.45, 2.75) is 51.9 Å². The van der Waals surface area contributed by atoms with E-state index in [2.05, 4.69) is 6.92 Å². The molecule has 1 aliphatic rings. The zero-order chi connectivity index (χ0) is 26.6. The van der Waals surface area contributed by atoms with Crippen molar-refractivity contribution in [3.05, 3.63) is 52.4 Å². The summed E-state index contributed by atoms with van der Waals surface area (Å²) in [4.78, 5) is 15.4. The van der Waals surface area contributed by atoms with Crippen LogP contribution in [-0.2, 0) is 11.2 Å². The van der Waals surface area contributed by atoms with Gasteiger partial charge in [-0.05, 0) is 54.3 Å². The SMILES string of the molecule is CCCCCCCCOc1ccc(C=C2SC(=S)N(CCc3ccc(OC)c(OC)c3)C2=O)cc1OC. The number of hydrogen-bond acceptors (Lipinski definition) is 7. The average Bonchev–Trinajstić information content (AvgIpc) is 3.18. The van der Waals surface area contributed by atoms with Crippen molar-refractivity contribution in [3.8, 4) is 23.0 Å². The Morgan fingerprint density at radius 2 is 1.54 bits per heavy atom. The van der Waals surface area contributed by atoms with Gasteiger partial charge in [-0.15, -0.1) is 0 Å². The lowest BCUT2D eigenvalue weighted by Crippen LogP contribution is -2.30. The van der Waals surface area contributed by atoms with Crippen molar-refractivity contribution in [3.63, 3.8) is 0 Å². The quantitative estimate of drug-likeness (QED) is 0.138. The van der Waals surface area contributed by atoms with E-state index in [0.29, 0.717) is 46.0 Å². The van der Waals surface area contributed by atoms with Crippen LogP contribution in [0.4, 0.5) is 0 Å². The second-order valence-electron chi connectivity index (χ2n) is 8.80. The molecule has 0 radical (unpaired) electrons. The average molecular weight is 544 g/mol. The van der Waals surface area contributed by atoms with Gasteiger partial charge in [0.25, 0.3) is 5.91 Å². The summed E-state index contributed by atoms with van der Waals surface area (Å²) in [7, 11) is 4.85. The highest BCUT2D eigenvalue weighted by Gasteiger charge is 2.31. The summed E-state index contributed by atoms with van der Waals surface area (Å²) in [6, 6.07) is 11.5. The molecule has 3 rings (SSSR count). The number of nitrogens with zero attached hydrogens (tertiary/aromatic N) is 1. The lowest BCUT2D eigenvalue weighted by molar-refractivity contribution is -0.122. The van der Waals surface area contributed by atoms with Crippen LogP contribution in [0, 0.1) is 0 Å². The van der Waals surface area contributed by atoms with E-state index in [1.807, 2.05) is 42.5 Å². The maximum Gasteiger partial charge on any atom is 0.266 e. The number of ether oxygens (including phenoxy) is 4. The van der Waals surface area contributed by atoms with E-state index in [-0.39, 0.29) is 5.91 Å². The van der Waals surface area contributed by atoms with E-state index in [0.717, 1.165) is 23.3 Å². The van der Waals surface area contributed by atoms with Crippen molar-refractivity contribution in [1.29, 1.82) is 0 Å². The highest BCUT2D eigenvalue weighted by Crippen LogP contribution is 2.35. The van der Waals surface area contributed by atoms with Crippen LogP contribution < -0.4 is 18.9 Å². The first kappa shape index (κ1) is 28.9. The predicted octanol–water partition coefficient (Wildman–Crippen LogP) is 6.90. The number of carbonyl (C=O) groups is 1. The molecule has 1 heterocycles. The summed E-state index contributed by atoms with van der Waals surface area (Å²) in [5, 5.41) is 0. The number of thioether (sulfide) groups is 1. The van der Waals surface area contributed by atoms with Crippen LogP contribution in [0.2, 0.25) is 0 Å². The molecule has 0 spiro atoms. The number of carbonyl (C=O) groups excluding carboxylic acids is 1. The molecular formula is C29H37NO5S2. The molecule has 0 aromatic heterocycles. The van der Waals surface area contributed by atoms with E-state index >= 15 is 0 Å². The monoisotopic (exact) mass is 543 g/mol. The zero-order valence-corrected chi connectivity index (χ0v) is 23.8. The number of benzene rings is 2. The molecule has 0 unspecified atom stereocenters. The molecule has 200 valence electrons. The fraction of sp³-hybridized carbons (Fsp3) is 0.448. The minimum atomic E-state index is -0.0853. The van der Waals surface area contributed by atoms with Crippen LogP contribution >= 0.6 is 24.0 Å². The summed E-state index contributed by atoms with van der Waals surface area (Å²) in [6.07, 6.45) is 9.80. The first-order valence-corrected chi connectivity index (χ1v) is 14.0. The molecule has 1 aliphatic heterocycles. The molecule has 0 N–H and O–H groups in total. The number of amides is 1. The van der Waals surface area contributed by atoms with E-state index < -0.39 is 0 Å². The third kappa shape index (κ3) is 8.14. The Kier molecular flexibility index (Phi) is 11.6. The molecule has 0 aliphatic carbocycles. The number of unbranched alkanes of at least 4 members (excludes halogenated alkanes) is 5. The third-order valence-electron chi connectivity index (χ3n) is 6.19. The molecule has 0 bridgehead atoms. The molecule has 0 saturated carbocycles. The van der Waals surface area contributed by atoms with Gasteiger partial charge in [0, 0.05) is 6.54 Å². The fourth-order valence-electron chi connectivity index (χ4n) is 4.08. The fourth-order valence-corrected chi connectivity index (χ4v) is 5.39. The molecule has 6 nitrogen and oxygen atoms in total. The second-order valence-corrected chi connectivity index (χ2v) is 10.5. The van der Waals surface area contributed by atoms with E-state index in [9.17, 15) is 4.79 Å². The third-order valence-corrected chi connectivity index (χ3v) is 7.56. The highest BCUT2D eigenvalue weighted by atomic mass is 32.2. The number of methoxy groups -OCH3 is 3. The molecule has 1 amide bonds. The van der Waals surface area contributed by atoms with Crippen LogP contribution in [0.5, 0.6) is 23.0 Å². The van der Waals surface area contributed by atoms with Crippen LogP contribution in [0.3, 0.4) is 0 Å². The lowest BCUT2D eigenvalue weighted by Gasteiger charge is -2.15. The summed E-state index contributed by atoms with van der Waals surface area (Å²) in [5.74, 6) is 2.63. The maximum atomic E-state index is 13.1. The lowest BCUT2D eigenvalue weighted by atomic mass is 10.1. The molecule has 37 heavy (non-hydrogen) atoms. The van der Waals surface area contributed by atoms with Gasteiger partial charge in [-0.1, -0.05) is 75.1 Å². The summed E-state index contributed by atoms with van der Waals surface area (Å²) < 4.78 is 22.7. The Hall–Kier alpha value is -2.71. The smallest absolute Gasteiger partial charge is 0.266 e. The Morgan fingerprint density at radius 1 is 0.865 bits per heavy atom. The van der Waals surface area contributed by atoms with Gasteiger partial charge < -0.3 is 18.9 Å². The Morgan fingerprint density at radius 3 is 2.27 bits per heavy atom. The van der Waals surface area contributed by atoms with Gasteiger partial charge in [0.05, 0.1) is 32.8 Å². The van der Waals surface area contributed by atoms with Crippen LogP contribution in [-0.4, -0.2) is 49.6 Å². The summed E-state index contributed by atoms with van der Waals surface area (Å²) in [6.45, 7) is 3.38. The summed E-state index contributed by atoms with van der Waals surface area (Å²) >= 11 is 6.83. The van der Waals surface area contributed by atoms with Gasteiger partial charge in [-0.25, -0.2) is 0 Å². The van der Waals surface area contributed by atoms with Gasteiger partial charge in [-0.2, -0.15) is 0 Å². The highest BCUT2D eigenvalue weighted by molar-refractivity contribution is 8.26. The molecule has 0 atom stereocenters. The molecule has 2 aromatic rings. The molecular weight excluding hydrogens is 506 g/mol. The standard InChI is InChI=1S/C29H37NO5S2/c1-5-6-7-8-9-10-17-35-24-14-12-22(19-26(24)34-4)20-27-28(31)30(29(36)37-27)16-15-21-11-13-23(32-2)25(18-21)33-3/h11-14,18-20H,5-10,15-17H2,1-4H3. The van der Waals surface area contributed by atoms with E-state index in [4.69, 9.17) is 31.2 Å². The van der Waals surface area contributed by atoms with Gasteiger partial charge in [-0.3, -0.25) is 9.69 Å². The zero-order valence-electron chi connectivity index (χ0n) is 22.2. The van der Waals surface area contributed by atoms with Crippen molar-refractivity contribution >= 4 is 40.3 Å². The van der Waals surface area contributed by atoms with E-state index in [1.54, 1.807) is 26.2 Å². The molecule has 2 aromatic carbocycles. The molecule has 8 heteroatoms. The minimum absolute atomic E-state index is 0.0853. The Bertz CT molecular complexity index is 1100. The van der Waals surface area contributed by atoms with Crippen molar-refractivity contribution in [2.24, 2.45) is 0 Å². The first-order valence-electron chi connectivity index (χ1n) is 12.8. The summed E-state index contributed by atoms with van der Waals surface area (Å²) in [5.41, 5.74) is 1.90. The van der Waals surface area contributed by atoms with Gasteiger partial charge >= 0.3 is 0 Å². The van der Waals surface area contributed by atoms with Crippen LogP contribution in [0.15, 0.2) is 41.3 Å². The number of hydrogen-bond donors (Lipinski definition) is 0. The largest absolute Gasteiger partial charge is 0.493 e. The normalized spacial score (nSPS) is 14.4. The Balaban J connectivity index is 1.59. The Labute approximate surface area is 230 Å². The van der Waals surface area contributed by atoms with Crippen LogP contribution in [0.25, 0.3) is 6.08 Å². The van der Waals surface area contributed by atoms with Gasteiger partial charge in [0.15, 0.2) is 23.0 Å². The van der Waals surface area contributed by atoms with Gasteiger partial charge in [0.1, 0.15) is 4.32 Å². The van der Waals surface area contributed by atoms with E-state index in [1.165, 1.54) is 43.9 Å². The maximum absolute atomic E-state index is 13.1. The topological polar surface area (TPSA) is 57.2 Å². The van der Waals surface area contributed by atoms with Gasteiger partial charge in [0.2, 0.25) is 0 Å². The number of rotatable bonds is 15. The van der Waals surface area contributed by atoms with Crippen molar-refractivity contribution in [2.75, 3.05) is 34.5 Å². The molecule has 1 fully saturated rings.